The summed E-state index contributed by atoms with van der Waals surface area (Å²) in [4.78, 5) is 0. The first-order chi connectivity index (χ1) is 6.59. The van der Waals surface area contributed by atoms with Gasteiger partial charge >= 0.3 is 0 Å². The Morgan fingerprint density at radius 1 is 1.36 bits per heavy atom. The highest BCUT2D eigenvalue weighted by Crippen LogP contribution is 2.30. The minimum atomic E-state index is -0.525. The molecule has 3 nitrogen and oxygen atoms in total. The fourth-order valence-corrected chi connectivity index (χ4v) is 2.02. The van der Waals surface area contributed by atoms with Gasteiger partial charge in [0.15, 0.2) is 0 Å². The zero-order valence-electron chi connectivity index (χ0n) is 9.29. The summed E-state index contributed by atoms with van der Waals surface area (Å²) < 4.78 is 0. The highest BCUT2D eigenvalue weighted by molar-refractivity contribution is 4.85. The minimum absolute atomic E-state index is 0.0154. The molecule has 0 heterocycles. The van der Waals surface area contributed by atoms with Crippen LogP contribution in [0.2, 0.25) is 0 Å². The van der Waals surface area contributed by atoms with Gasteiger partial charge in [0, 0.05) is 6.04 Å². The molecule has 1 aliphatic carbocycles. The third kappa shape index (κ3) is 3.23. The van der Waals surface area contributed by atoms with E-state index in [9.17, 15) is 0 Å². The lowest BCUT2D eigenvalue weighted by molar-refractivity contribution is 0.0897. The van der Waals surface area contributed by atoms with Crippen LogP contribution in [0.15, 0.2) is 0 Å². The Hall–Kier alpha value is -0.120. The molecule has 1 saturated carbocycles. The van der Waals surface area contributed by atoms with Crippen LogP contribution in [0.3, 0.4) is 0 Å². The first kappa shape index (κ1) is 12.0. The van der Waals surface area contributed by atoms with Crippen molar-refractivity contribution < 1.29 is 10.2 Å². The SMILES string of the molecule is CC(CC1CCC1)NC(C)(CO)CO. The maximum atomic E-state index is 9.12. The van der Waals surface area contributed by atoms with E-state index in [1.54, 1.807) is 0 Å². The second kappa shape index (κ2) is 5.10. The summed E-state index contributed by atoms with van der Waals surface area (Å²) in [6, 6.07) is 0.379. The highest BCUT2D eigenvalue weighted by atomic mass is 16.3. The molecule has 84 valence electrons. The van der Waals surface area contributed by atoms with Crippen LogP contribution in [-0.4, -0.2) is 35.0 Å². The van der Waals surface area contributed by atoms with Crippen molar-refractivity contribution in [3.63, 3.8) is 0 Å². The van der Waals surface area contributed by atoms with Gasteiger partial charge in [0.05, 0.1) is 18.8 Å². The van der Waals surface area contributed by atoms with Crippen LogP contribution in [0.1, 0.15) is 39.5 Å². The molecule has 14 heavy (non-hydrogen) atoms. The summed E-state index contributed by atoms with van der Waals surface area (Å²) >= 11 is 0. The molecule has 1 aliphatic rings. The maximum Gasteiger partial charge on any atom is 0.0633 e. The Kier molecular flexibility index (Phi) is 4.35. The van der Waals surface area contributed by atoms with Crippen molar-refractivity contribution in [3.8, 4) is 0 Å². The largest absolute Gasteiger partial charge is 0.394 e. The van der Waals surface area contributed by atoms with Gasteiger partial charge in [-0.2, -0.15) is 0 Å². The van der Waals surface area contributed by atoms with Crippen LogP contribution in [0.25, 0.3) is 0 Å². The highest BCUT2D eigenvalue weighted by Gasteiger charge is 2.26. The standard InChI is InChI=1S/C11H23NO2/c1-9(6-10-4-3-5-10)12-11(2,7-13)8-14/h9-10,12-14H,3-8H2,1-2H3. The Balaban J connectivity index is 2.26. The van der Waals surface area contributed by atoms with E-state index in [-0.39, 0.29) is 13.2 Å². The third-order valence-electron chi connectivity index (χ3n) is 3.20. The normalized spacial score (nSPS) is 20.6. The van der Waals surface area contributed by atoms with E-state index >= 15 is 0 Å². The van der Waals surface area contributed by atoms with Gasteiger partial charge in [0.25, 0.3) is 0 Å². The fourth-order valence-electron chi connectivity index (χ4n) is 2.02. The number of aliphatic hydroxyl groups excluding tert-OH is 2. The van der Waals surface area contributed by atoms with E-state index in [0.717, 1.165) is 12.3 Å². The van der Waals surface area contributed by atoms with Gasteiger partial charge < -0.3 is 15.5 Å². The Morgan fingerprint density at radius 3 is 2.29 bits per heavy atom. The second-order valence-electron chi connectivity index (χ2n) is 4.95. The van der Waals surface area contributed by atoms with Crippen LogP contribution in [0, 0.1) is 5.92 Å². The predicted molar refractivity (Wildman–Crippen MR) is 57.1 cm³/mol. The lowest BCUT2D eigenvalue weighted by Crippen LogP contribution is -2.53. The maximum absolute atomic E-state index is 9.12. The van der Waals surface area contributed by atoms with Crippen molar-refractivity contribution in [2.45, 2.75) is 51.1 Å². The summed E-state index contributed by atoms with van der Waals surface area (Å²) in [7, 11) is 0. The predicted octanol–water partition coefficient (Wildman–Crippen LogP) is 0.898. The Morgan fingerprint density at radius 2 is 1.93 bits per heavy atom. The van der Waals surface area contributed by atoms with Crippen molar-refractivity contribution in [1.82, 2.24) is 5.32 Å². The lowest BCUT2D eigenvalue weighted by Gasteiger charge is -2.34. The molecule has 1 unspecified atom stereocenters. The van der Waals surface area contributed by atoms with Crippen molar-refractivity contribution in [2.24, 2.45) is 5.92 Å². The fraction of sp³-hybridized carbons (Fsp3) is 1.00. The molecule has 0 spiro atoms. The summed E-state index contributed by atoms with van der Waals surface area (Å²) in [5.41, 5.74) is -0.525. The number of nitrogens with one attached hydrogen (secondary N) is 1. The monoisotopic (exact) mass is 201 g/mol. The molecule has 3 N–H and O–H groups in total. The van der Waals surface area contributed by atoms with E-state index in [0.29, 0.717) is 6.04 Å². The molecule has 0 aromatic carbocycles. The lowest BCUT2D eigenvalue weighted by atomic mass is 9.81. The van der Waals surface area contributed by atoms with Gasteiger partial charge in [0.1, 0.15) is 0 Å². The number of aliphatic hydroxyl groups is 2. The van der Waals surface area contributed by atoms with E-state index in [1.807, 2.05) is 6.92 Å². The molecule has 0 amide bonds. The van der Waals surface area contributed by atoms with Crippen LogP contribution in [-0.2, 0) is 0 Å². The molecule has 1 atom stereocenters. The van der Waals surface area contributed by atoms with Crippen molar-refractivity contribution in [2.75, 3.05) is 13.2 Å². The number of hydrogen-bond acceptors (Lipinski definition) is 3. The van der Waals surface area contributed by atoms with E-state index < -0.39 is 5.54 Å². The average Bonchev–Trinajstić information content (AvgIpc) is 2.11. The van der Waals surface area contributed by atoms with Crippen LogP contribution in [0.4, 0.5) is 0 Å². The zero-order chi connectivity index (χ0) is 10.6. The first-order valence-electron chi connectivity index (χ1n) is 5.59. The molecule has 0 aliphatic heterocycles. The van der Waals surface area contributed by atoms with Crippen LogP contribution >= 0.6 is 0 Å². The molecule has 0 bridgehead atoms. The summed E-state index contributed by atoms with van der Waals surface area (Å²) in [6.45, 7) is 3.95. The van der Waals surface area contributed by atoms with Gasteiger partial charge in [-0.25, -0.2) is 0 Å². The molecule has 0 radical (unpaired) electrons. The van der Waals surface area contributed by atoms with E-state index in [4.69, 9.17) is 10.2 Å². The van der Waals surface area contributed by atoms with Gasteiger partial charge in [-0.3, -0.25) is 0 Å². The second-order valence-corrected chi connectivity index (χ2v) is 4.95. The number of hydrogen-bond donors (Lipinski definition) is 3. The minimum Gasteiger partial charge on any atom is -0.394 e. The van der Waals surface area contributed by atoms with E-state index in [1.165, 1.54) is 19.3 Å². The van der Waals surface area contributed by atoms with Gasteiger partial charge in [-0.1, -0.05) is 19.3 Å². The summed E-state index contributed by atoms with van der Waals surface area (Å²) in [5.74, 6) is 0.860. The van der Waals surface area contributed by atoms with E-state index in [2.05, 4.69) is 12.2 Å². The van der Waals surface area contributed by atoms with Crippen molar-refractivity contribution in [3.05, 3.63) is 0 Å². The molecular weight excluding hydrogens is 178 g/mol. The molecule has 0 saturated heterocycles. The molecule has 1 fully saturated rings. The van der Waals surface area contributed by atoms with Crippen molar-refractivity contribution >= 4 is 0 Å². The quantitative estimate of drug-likeness (QED) is 0.598. The number of rotatable bonds is 6. The molecule has 0 aromatic heterocycles. The third-order valence-corrected chi connectivity index (χ3v) is 3.20. The van der Waals surface area contributed by atoms with Crippen molar-refractivity contribution in [1.29, 1.82) is 0 Å². The Bertz CT molecular complexity index is 165. The van der Waals surface area contributed by atoms with Crippen LogP contribution < -0.4 is 5.32 Å². The molecule has 1 rings (SSSR count). The zero-order valence-corrected chi connectivity index (χ0v) is 9.29. The Labute approximate surface area is 86.5 Å². The summed E-state index contributed by atoms with van der Waals surface area (Å²) in [6.07, 6.45) is 5.23. The van der Waals surface area contributed by atoms with Crippen LogP contribution in [0.5, 0.6) is 0 Å². The van der Waals surface area contributed by atoms with Gasteiger partial charge in [-0.15, -0.1) is 0 Å². The topological polar surface area (TPSA) is 52.5 Å². The first-order valence-corrected chi connectivity index (χ1v) is 5.59. The average molecular weight is 201 g/mol. The smallest absolute Gasteiger partial charge is 0.0633 e. The van der Waals surface area contributed by atoms with Gasteiger partial charge in [0.2, 0.25) is 0 Å². The molecule has 3 heteroatoms. The molecular formula is C11H23NO2. The molecule has 0 aromatic rings. The van der Waals surface area contributed by atoms with Gasteiger partial charge in [-0.05, 0) is 26.2 Å². The summed E-state index contributed by atoms with van der Waals surface area (Å²) in [5, 5.41) is 21.5.